The Morgan fingerprint density at radius 3 is 2.90 bits per heavy atom. The Balaban J connectivity index is 1.60. The second-order valence-corrected chi connectivity index (χ2v) is 6.38. The van der Waals surface area contributed by atoms with Gasteiger partial charge in [-0.15, -0.1) is 0 Å². The first-order valence-corrected chi connectivity index (χ1v) is 7.99. The Labute approximate surface area is 124 Å². The van der Waals surface area contributed by atoms with Crippen LogP contribution in [0.2, 0.25) is 0 Å². The molecule has 2 aromatic heterocycles. The minimum atomic E-state index is -0.210. The number of fused-ring (bicyclic) bond motifs is 3. The maximum Gasteiger partial charge on any atom is 0.0995 e. The number of hydrogen-bond acceptors (Lipinski definition) is 3. The highest BCUT2D eigenvalue weighted by molar-refractivity contribution is 5.51. The molecule has 1 N–H and O–H groups in total. The van der Waals surface area contributed by atoms with Gasteiger partial charge in [-0.25, -0.2) is 4.98 Å². The van der Waals surface area contributed by atoms with E-state index in [-0.39, 0.29) is 12.0 Å². The summed E-state index contributed by atoms with van der Waals surface area (Å²) in [5, 5.41) is 10.7. The number of pyridine rings is 1. The Morgan fingerprint density at radius 1 is 1.19 bits per heavy atom. The Bertz CT molecular complexity index is 630. The molecule has 110 valence electrons. The monoisotopic (exact) mass is 283 g/mol. The van der Waals surface area contributed by atoms with Gasteiger partial charge in [0, 0.05) is 18.3 Å². The lowest BCUT2D eigenvalue weighted by Crippen LogP contribution is -2.25. The Morgan fingerprint density at radius 2 is 2.05 bits per heavy atom. The molecule has 3 heterocycles. The van der Waals surface area contributed by atoms with Gasteiger partial charge in [0.15, 0.2) is 0 Å². The summed E-state index contributed by atoms with van der Waals surface area (Å²) in [5.74, 6) is 0.725. The van der Waals surface area contributed by atoms with Gasteiger partial charge in [0.05, 0.1) is 30.0 Å². The number of hydrogen-bond donors (Lipinski definition) is 1. The molecule has 2 atom stereocenters. The first-order valence-electron chi connectivity index (χ1n) is 7.99. The maximum atomic E-state index is 10.7. The smallest absolute Gasteiger partial charge is 0.0995 e. The predicted molar refractivity (Wildman–Crippen MR) is 80.4 cm³/mol. The molecule has 1 saturated carbocycles. The Kier molecular flexibility index (Phi) is 3.26. The van der Waals surface area contributed by atoms with Crippen LogP contribution < -0.4 is 0 Å². The molecular formula is C17H21N3O. The van der Waals surface area contributed by atoms with Gasteiger partial charge >= 0.3 is 0 Å². The van der Waals surface area contributed by atoms with E-state index in [1.807, 2.05) is 24.9 Å². The zero-order valence-corrected chi connectivity index (χ0v) is 12.2. The van der Waals surface area contributed by atoms with Crippen LogP contribution in [0.3, 0.4) is 0 Å². The molecule has 0 amide bonds. The van der Waals surface area contributed by atoms with Gasteiger partial charge in [0.1, 0.15) is 0 Å². The van der Waals surface area contributed by atoms with E-state index in [1.54, 1.807) is 0 Å². The molecule has 1 aliphatic carbocycles. The van der Waals surface area contributed by atoms with Crippen molar-refractivity contribution in [3.63, 3.8) is 0 Å². The number of aliphatic hydroxyl groups is 1. The fraction of sp³-hybridized carbons (Fsp3) is 0.529. The molecule has 0 saturated heterocycles. The molecule has 21 heavy (non-hydrogen) atoms. The molecule has 2 aromatic rings. The van der Waals surface area contributed by atoms with Gasteiger partial charge in [-0.3, -0.25) is 4.98 Å². The lowest BCUT2D eigenvalue weighted by atomic mass is 9.80. The van der Waals surface area contributed by atoms with Crippen molar-refractivity contribution in [2.45, 2.75) is 50.5 Å². The molecular weight excluding hydrogens is 262 g/mol. The van der Waals surface area contributed by atoms with Crippen LogP contribution in [0.4, 0.5) is 0 Å². The van der Waals surface area contributed by atoms with Crippen molar-refractivity contribution in [2.75, 3.05) is 0 Å². The van der Waals surface area contributed by atoms with E-state index >= 15 is 0 Å². The first kappa shape index (κ1) is 13.0. The molecule has 0 aromatic carbocycles. The molecule has 1 aliphatic heterocycles. The van der Waals surface area contributed by atoms with E-state index in [0.717, 1.165) is 12.1 Å². The summed E-state index contributed by atoms with van der Waals surface area (Å²) in [6.07, 6.45) is 14.3. The summed E-state index contributed by atoms with van der Waals surface area (Å²) in [6.45, 7) is 0. The van der Waals surface area contributed by atoms with E-state index in [1.165, 1.54) is 43.4 Å². The average Bonchev–Trinajstić information content (AvgIpc) is 3.11. The van der Waals surface area contributed by atoms with Crippen molar-refractivity contribution in [2.24, 2.45) is 5.92 Å². The summed E-state index contributed by atoms with van der Waals surface area (Å²) in [4.78, 5) is 8.49. The van der Waals surface area contributed by atoms with E-state index in [2.05, 4.69) is 20.6 Å². The van der Waals surface area contributed by atoms with Crippen molar-refractivity contribution in [3.8, 4) is 5.69 Å². The highest BCUT2D eigenvalue weighted by Crippen LogP contribution is 2.41. The number of aromatic nitrogens is 3. The van der Waals surface area contributed by atoms with Gasteiger partial charge in [-0.05, 0) is 36.8 Å². The second-order valence-electron chi connectivity index (χ2n) is 6.38. The van der Waals surface area contributed by atoms with Gasteiger partial charge in [-0.1, -0.05) is 19.3 Å². The van der Waals surface area contributed by atoms with Crippen LogP contribution in [0, 0.1) is 5.92 Å². The third kappa shape index (κ3) is 2.18. The molecule has 1 fully saturated rings. The lowest BCUT2D eigenvalue weighted by Gasteiger charge is -2.28. The topological polar surface area (TPSA) is 50.9 Å². The fourth-order valence-corrected chi connectivity index (χ4v) is 4.02. The van der Waals surface area contributed by atoms with Crippen molar-refractivity contribution >= 4 is 0 Å². The summed E-state index contributed by atoms with van der Waals surface area (Å²) in [5.41, 5.74) is 3.58. The number of aliphatic hydroxyl groups excluding tert-OH is 1. The molecule has 4 rings (SSSR count). The fourth-order valence-electron chi connectivity index (χ4n) is 4.02. The summed E-state index contributed by atoms with van der Waals surface area (Å²) < 4.78 is 2.11. The van der Waals surface area contributed by atoms with E-state index < -0.39 is 0 Å². The predicted octanol–water partition coefficient (Wildman–Crippen LogP) is 3.04. The van der Waals surface area contributed by atoms with Crippen LogP contribution in [-0.4, -0.2) is 25.7 Å². The van der Waals surface area contributed by atoms with Crippen LogP contribution in [0.5, 0.6) is 0 Å². The molecule has 4 heteroatoms. The van der Waals surface area contributed by atoms with Crippen molar-refractivity contribution in [1.82, 2.24) is 14.5 Å². The van der Waals surface area contributed by atoms with Gasteiger partial charge in [-0.2, -0.15) is 0 Å². The maximum absolute atomic E-state index is 10.7. The van der Waals surface area contributed by atoms with Crippen LogP contribution in [0.1, 0.15) is 55.7 Å². The largest absolute Gasteiger partial charge is 0.393 e. The molecule has 0 radical (unpaired) electrons. The first-order chi connectivity index (χ1) is 10.3. The number of rotatable bonds is 3. The quantitative estimate of drug-likeness (QED) is 0.942. The second kappa shape index (κ2) is 5.26. The normalized spacial score (nSPS) is 22.8. The van der Waals surface area contributed by atoms with Crippen molar-refractivity contribution in [3.05, 3.63) is 42.2 Å². The highest BCUT2D eigenvalue weighted by Gasteiger charge is 2.33. The van der Waals surface area contributed by atoms with E-state index in [4.69, 9.17) is 0 Å². The zero-order valence-electron chi connectivity index (χ0n) is 12.2. The summed E-state index contributed by atoms with van der Waals surface area (Å²) in [6, 6.07) is 2.08. The lowest BCUT2D eigenvalue weighted by molar-refractivity contribution is 0.0737. The van der Waals surface area contributed by atoms with Crippen molar-refractivity contribution < 1.29 is 5.11 Å². The average molecular weight is 283 g/mol. The standard InChI is InChI=1S/C17H21N3O/c21-17(12-4-2-1-3-5-12)8-14-13-6-7-18-9-15(13)20-11-19-10-16(14)20/h6-7,9-12,14,17,21H,1-5,8H2. The molecule has 4 nitrogen and oxygen atoms in total. The summed E-state index contributed by atoms with van der Waals surface area (Å²) in [7, 11) is 0. The zero-order chi connectivity index (χ0) is 14.2. The number of imidazole rings is 1. The van der Waals surface area contributed by atoms with Crippen LogP contribution in [0.25, 0.3) is 5.69 Å². The third-order valence-electron chi connectivity index (χ3n) is 5.16. The van der Waals surface area contributed by atoms with Crippen LogP contribution in [-0.2, 0) is 0 Å². The van der Waals surface area contributed by atoms with Gasteiger partial charge in [0.2, 0.25) is 0 Å². The third-order valence-corrected chi connectivity index (χ3v) is 5.16. The van der Waals surface area contributed by atoms with Crippen molar-refractivity contribution in [1.29, 1.82) is 0 Å². The van der Waals surface area contributed by atoms with E-state index in [9.17, 15) is 5.11 Å². The minimum Gasteiger partial charge on any atom is -0.393 e. The minimum absolute atomic E-state index is 0.210. The molecule has 2 aliphatic rings. The van der Waals surface area contributed by atoms with Gasteiger partial charge in [0.25, 0.3) is 0 Å². The van der Waals surface area contributed by atoms with Crippen LogP contribution in [0.15, 0.2) is 31.0 Å². The molecule has 0 spiro atoms. The Hall–Kier alpha value is -1.68. The van der Waals surface area contributed by atoms with Crippen LogP contribution >= 0.6 is 0 Å². The van der Waals surface area contributed by atoms with Gasteiger partial charge < -0.3 is 9.67 Å². The van der Waals surface area contributed by atoms with E-state index in [0.29, 0.717) is 5.92 Å². The number of nitrogens with zero attached hydrogens (tertiary/aromatic N) is 3. The highest BCUT2D eigenvalue weighted by atomic mass is 16.3. The summed E-state index contributed by atoms with van der Waals surface area (Å²) >= 11 is 0. The molecule has 2 unspecified atom stereocenters. The molecule has 0 bridgehead atoms. The SMILES string of the molecule is OC(CC1c2ccncc2-n2cncc21)C1CCCCC1.